The lowest BCUT2D eigenvalue weighted by Gasteiger charge is -2.06. The van der Waals surface area contributed by atoms with Gasteiger partial charge < -0.3 is 0 Å². The van der Waals surface area contributed by atoms with Crippen LogP contribution in [0.5, 0.6) is 0 Å². The topological polar surface area (TPSA) is 58.2 Å². The third-order valence-corrected chi connectivity index (χ3v) is 4.33. The van der Waals surface area contributed by atoms with Gasteiger partial charge in [-0.1, -0.05) is 19.1 Å². The number of hydrazine groups is 1. The van der Waals surface area contributed by atoms with E-state index in [1.165, 1.54) is 11.3 Å². The normalized spacial score (nSPS) is 10.1. The Kier molecular flexibility index (Phi) is 4.92. The van der Waals surface area contributed by atoms with Crippen LogP contribution >= 0.6 is 27.3 Å². The zero-order valence-electron chi connectivity index (χ0n) is 10.8. The minimum atomic E-state index is -0.336. The number of hydrogen-bond acceptors (Lipinski definition) is 3. The molecule has 1 heterocycles. The molecule has 0 saturated heterocycles. The van der Waals surface area contributed by atoms with Gasteiger partial charge in [0.1, 0.15) is 0 Å². The van der Waals surface area contributed by atoms with Crippen molar-refractivity contribution in [2.24, 2.45) is 0 Å². The van der Waals surface area contributed by atoms with Crippen molar-refractivity contribution in [2.75, 3.05) is 0 Å². The molecule has 0 bridgehead atoms. The Morgan fingerprint density at radius 1 is 1.05 bits per heavy atom. The van der Waals surface area contributed by atoms with Crippen molar-refractivity contribution in [3.63, 3.8) is 0 Å². The van der Waals surface area contributed by atoms with Crippen LogP contribution in [0.4, 0.5) is 0 Å². The summed E-state index contributed by atoms with van der Waals surface area (Å²) >= 11 is 4.58. The third-order valence-electron chi connectivity index (χ3n) is 2.71. The summed E-state index contributed by atoms with van der Waals surface area (Å²) in [4.78, 5) is 24.1. The van der Waals surface area contributed by atoms with Crippen LogP contribution < -0.4 is 10.9 Å². The number of carbonyl (C=O) groups is 2. The molecule has 0 aliphatic heterocycles. The summed E-state index contributed by atoms with van der Waals surface area (Å²) in [5.41, 5.74) is 6.46. The van der Waals surface area contributed by atoms with Crippen LogP contribution in [0, 0.1) is 0 Å². The number of aryl methyl sites for hydroxylation is 1. The number of hydrogen-bond donors (Lipinski definition) is 2. The predicted octanol–water partition coefficient (Wildman–Crippen LogP) is 3.15. The molecule has 2 aromatic rings. The molecular formula is C14H13BrN2O2S. The summed E-state index contributed by atoms with van der Waals surface area (Å²) in [6, 6.07) is 10.7. The van der Waals surface area contributed by atoms with Crippen molar-refractivity contribution in [3.8, 4) is 0 Å². The summed E-state index contributed by atoms with van der Waals surface area (Å²) < 4.78 is 0.865. The predicted molar refractivity (Wildman–Crippen MR) is 82.8 cm³/mol. The maximum absolute atomic E-state index is 11.9. The average Bonchev–Trinajstić information content (AvgIpc) is 2.91. The molecule has 4 nitrogen and oxygen atoms in total. The molecule has 0 atom stereocenters. The Morgan fingerprint density at radius 2 is 1.70 bits per heavy atom. The quantitative estimate of drug-likeness (QED) is 0.833. The summed E-state index contributed by atoms with van der Waals surface area (Å²) in [5.74, 6) is -0.671. The number of thiophene rings is 1. The molecule has 104 valence electrons. The van der Waals surface area contributed by atoms with E-state index in [9.17, 15) is 9.59 Å². The van der Waals surface area contributed by atoms with Crippen LogP contribution in [-0.4, -0.2) is 11.8 Å². The van der Waals surface area contributed by atoms with Gasteiger partial charge in [0, 0.05) is 5.56 Å². The number of benzene rings is 1. The molecule has 2 rings (SSSR count). The van der Waals surface area contributed by atoms with Crippen molar-refractivity contribution in [2.45, 2.75) is 13.3 Å². The monoisotopic (exact) mass is 352 g/mol. The van der Waals surface area contributed by atoms with Gasteiger partial charge >= 0.3 is 0 Å². The van der Waals surface area contributed by atoms with Crippen LogP contribution in [0.15, 0.2) is 40.2 Å². The highest BCUT2D eigenvalue weighted by molar-refractivity contribution is 9.11. The van der Waals surface area contributed by atoms with E-state index in [-0.39, 0.29) is 11.8 Å². The van der Waals surface area contributed by atoms with Crippen LogP contribution in [-0.2, 0) is 6.42 Å². The lowest BCUT2D eigenvalue weighted by atomic mass is 10.1. The first-order chi connectivity index (χ1) is 9.60. The van der Waals surface area contributed by atoms with E-state index in [0.717, 1.165) is 15.8 Å². The molecule has 0 spiro atoms. The molecule has 0 aliphatic carbocycles. The van der Waals surface area contributed by atoms with Gasteiger partial charge in [-0.3, -0.25) is 20.4 Å². The van der Waals surface area contributed by atoms with Gasteiger partial charge in [-0.15, -0.1) is 11.3 Å². The molecule has 2 amide bonds. The van der Waals surface area contributed by atoms with E-state index in [1.54, 1.807) is 24.3 Å². The Balaban J connectivity index is 1.92. The first-order valence-corrected chi connectivity index (χ1v) is 7.66. The van der Waals surface area contributed by atoms with Gasteiger partial charge in [-0.25, -0.2) is 0 Å². The van der Waals surface area contributed by atoms with Gasteiger partial charge in [0.15, 0.2) is 0 Å². The van der Waals surface area contributed by atoms with E-state index >= 15 is 0 Å². The van der Waals surface area contributed by atoms with Crippen molar-refractivity contribution in [1.82, 2.24) is 10.9 Å². The van der Waals surface area contributed by atoms with E-state index < -0.39 is 0 Å². The fraction of sp³-hybridized carbons (Fsp3) is 0.143. The Hall–Kier alpha value is -1.66. The maximum atomic E-state index is 11.9. The van der Waals surface area contributed by atoms with Crippen LogP contribution in [0.25, 0.3) is 0 Å². The first kappa shape index (κ1) is 14.7. The molecule has 0 radical (unpaired) electrons. The number of rotatable bonds is 3. The molecule has 0 unspecified atom stereocenters. The number of carbonyl (C=O) groups excluding carboxylic acids is 2. The van der Waals surface area contributed by atoms with Crippen LogP contribution in [0.3, 0.4) is 0 Å². The van der Waals surface area contributed by atoms with E-state index in [1.807, 2.05) is 12.1 Å². The van der Waals surface area contributed by atoms with Crippen LogP contribution in [0.2, 0.25) is 0 Å². The second-order valence-electron chi connectivity index (χ2n) is 4.06. The smallest absolute Gasteiger partial charge is 0.267 e. The molecule has 2 N–H and O–H groups in total. The van der Waals surface area contributed by atoms with Crippen molar-refractivity contribution >= 4 is 39.1 Å². The molecule has 6 heteroatoms. The van der Waals surface area contributed by atoms with Crippen molar-refractivity contribution < 1.29 is 9.59 Å². The summed E-state index contributed by atoms with van der Waals surface area (Å²) in [7, 11) is 0. The van der Waals surface area contributed by atoms with Gasteiger partial charge in [-0.2, -0.15) is 0 Å². The van der Waals surface area contributed by atoms with Gasteiger partial charge in [-0.05, 0) is 52.2 Å². The number of halogens is 1. The van der Waals surface area contributed by atoms with Gasteiger partial charge in [0.25, 0.3) is 11.8 Å². The second-order valence-corrected chi connectivity index (χ2v) is 6.53. The molecule has 1 aromatic heterocycles. The second kappa shape index (κ2) is 6.67. The number of amides is 2. The van der Waals surface area contributed by atoms with Crippen molar-refractivity contribution in [3.05, 3.63) is 56.2 Å². The molecule has 0 aliphatic rings. The molecule has 0 fully saturated rings. The van der Waals surface area contributed by atoms with Crippen LogP contribution in [0.1, 0.15) is 32.5 Å². The summed E-state index contributed by atoms with van der Waals surface area (Å²) in [6.07, 6.45) is 0.923. The fourth-order valence-electron chi connectivity index (χ4n) is 1.58. The molecule has 1 aromatic carbocycles. The molecule has 20 heavy (non-hydrogen) atoms. The highest BCUT2D eigenvalue weighted by atomic mass is 79.9. The Morgan fingerprint density at radius 3 is 2.25 bits per heavy atom. The largest absolute Gasteiger partial charge is 0.279 e. The fourth-order valence-corrected chi connectivity index (χ4v) is 2.86. The Bertz CT molecular complexity index is 622. The highest BCUT2D eigenvalue weighted by Crippen LogP contribution is 2.21. The lowest BCUT2D eigenvalue weighted by Crippen LogP contribution is -2.41. The summed E-state index contributed by atoms with van der Waals surface area (Å²) in [6.45, 7) is 2.05. The zero-order chi connectivity index (χ0) is 14.5. The van der Waals surface area contributed by atoms with E-state index in [0.29, 0.717) is 10.4 Å². The standard InChI is InChI=1S/C14H13BrN2O2S/c1-2-9-3-5-10(6-4-9)13(18)16-17-14(19)11-7-8-12(15)20-11/h3-8H,2H2,1H3,(H,16,18)(H,17,19). The zero-order valence-corrected chi connectivity index (χ0v) is 13.2. The summed E-state index contributed by atoms with van der Waals surface area (Å²) in [5, 5.41) is 0. The van der Waals surface area contributed by atoms with Gasteiger partial charge in [0.05, 0.1) is 8.66 Å². The van der Waals surface area contributed by atoms with E-state index in [2.05, 4.69) is 33.7 Å². The first-order valence-electron chi connectivity index (χ1n) is 6.05. The minimum Gasteiger partial charge on any atom is -0.267 e. The molecular weight excluding hydrogens is 340 g/mol. The maximum Gasteiger partial charge on any atom is 0.279 e. The van der Waals surface area contributed by atoms with Crippen molar-refractivity contribution in [1.29, 1.82) is 0 Å². The lowest BCUT2D eigenvalue weighted by molar-refractivity contribution is 0.0849. The van der Waals surface area contributed by atoms with E-state index in [4.69, 9.17) is 0 Å². The third kappa shape index (κ3) is 3.68. The minimum absolute atomic E-state index is 0.334. The number of nitrogens with one attached hydrogen (secondary N) is 2. The highest BCUT2D eigenvalue weighted by Gasteiger charge is 2.10. The van der Waals surface area contributed by atoms with Gasteiger partial charge in [0.2, 0.25) is 0 Å². The molecule has 0 saturated carbocycles. The average molecular weight is 353 g/mol. The SMILES string of the molecule is CCc1ccc(C(=O)NNC(=O)c2ccc(Br)s2)cc1. The Labute approximate surface area is 129 Å².